The van der Waals surface area contributed by atoms with E-state index >= 15 is 0 Å². The molecule has 0 bridgehead atoms. The Morgan fingerprint density at radius 2 is 1.62 bits per heavy atom. The predicted molar refractivity (Wildman–Crippen MR) is 134 cm³/mol. The van der Waals surface area contributed by atoms with Crippen molar-refractivity contribution in [1.82, 2.24) is 0 Å². The van der Waals surface area contributed by atoms with E-state index in [4.69, 9.17) is 14.2 Å². The molecule has 0 spiro atoms. The highest BCUT2D eigenvalue weighted by atomic mass is 16.7. The number of anilines is 1. The number of ether oxygens (including phenoxy) is 3. The first-order chi connectivity index (χ1) is 16.7. The van der Waals surface area contributed by atoms with Crippen LogP contribution in [0.5, 0.6) is 5.75 Å². The zero-order chi connectivity index (χ0) is 23.5. The molecule has 3 aliphatic rings. The molecule has 5 nitrogen and oxygen atoms in total. The molecule has 2 heterocycles. The van der Waals surface area contributed by atoms with Crippen LogP contribution in [0.25, 0.3) is 0 Å². The van der Waals surface area contributed by atoms with Gasteiger partial charge in [0.15, 0.2) is 6.29 Å². The topological polar surface area (TPSA) is 51.2 Å². The SMILES string of the molecule is COC(OC)C1CCN(c2ccc([C@@H]3c4ccc(O)cc4CO[C@H]3C3CCCCC3)cc2)CC1. The predicted octanol–water partition coefficient (Wildman–Crippen LogP) is 5.84. The molecule has 1 saturated carbocycles. The lowest BCUT2D eigenvalue weighted by Crippen LogP contribution is -2.39. The Morgan fingerprint density at radius 1 is 0.912 bits per heavy atom. The second kappa shape index (κ2) is 10.7. The molecule has 1 saturated heterocycles. The third kappa shape index (κ3) is 4.84. The number of hydrogen-bond donors (Lipinski definition) is 1. The Balaban J connectivity index is 1.36. The van der Waals surface area contributed by atoms with Gasteiger partial charge in [-0.25, -0.2) is 0 Å². The number of aromatic hydroxyl groups is 1. The highest BCUT2D eigenvalue weighted by Gasteiger charge is 2.37. The van der Waals surface area contributed by atoms with Crippen LogP contribution in [-0.4, -0.2) is 44.8 Å². The number of piperidine rings is 1. The Morgan fingerprint density at radius 3 is 2.29 bits per heavy atom. The largest absolute Gasteiger partial charge is 0.508 e. The standard InChI is InChI=1S/C29H39NO4/c1-32-29(33-2)22-14-16-30(17-15-22)24-10-8-20(9-11-24)27-26-13-12-25(31)18-23(26)19-34-28(27)21-6-4-3-5-7-21/h8-13,18,21-22,27-29,31H,3-7,14-17,19H2,1-2H3/t27-,28+/m1/s1. The second-order valence-electron chi connectivity index (χ2n) is 10.3. The molecule has 5 rings (SSSR count). The van der Waals surface area contributed by atoms with Gasteiger partial charge in [-0.15, -0.1) is 0 Å². The maximum absolute atomic E-state index is 10.0. The van der Waals surface area contributed by atoms with Gasteiger partial charge in [-0.05, 0) is 72.6 Å². The molecule has 0 amide bonds. The van der Waals surface area contributed by atoms with Crippen molar-refractivity contribution < 1.29 is 19.3 Å². The van der Waals surface area contributed by atoms with Crippen LogP contribution < -0.4 is 4.90 Å². The fraction of sp³-hybridized carbons (Fsp3) is 0.586. The molecule has 184 valence electrons. The monoisotopic (exact) mass is 465 g/mol. The summed E-state index contributed by atoms with van der Waals surface area (Å²) >= 11 is 0. The van der Waals surface area contributed by atoms with Gasteiger partial charge < -0.3 is 24.2 Å². The zero-order valence-corrected chi connectivity index (χ0v) is 20.6. The molecule has 1 N–H and O–H groups in total. The summed E-state index contributed by atoms with van der Waals surface area (Å²) in [6, 6.07) is 15.0. The van der Waals surface area contributed by atoms with Crippen LogP contribution in [0.1, 0.15) is 67.6 Å². The van der Waals surface area contributed by atoms with E-state index in [-0.39, 0.29) is 18.3 Å². The van der Waals surface area contributed by atoms with Gasteiger partial charge in [-0.3, -0.25) is 0 Å². The molecule has 34 heavy (non-hydrogen) atoms. The van der Waals surface area contributed by atoms with E-state index in [1.165, 1.54) is 48.9 Å². The van der Waals surface area contributed by atoms with Crippen LogP contribution in [0.4, 0.5) is 5.69 Å². The van der Waals surface area contributed by atoms with E-state index in [0.717, 1.165) is 31.5 Å². The minimum absolute atomic E-state index is 0.105. The van der Waals surface area contributed by atoms with E-state index in [9.17, 15) is 5.11 Å². The van der Waals surface area contributed by atoms with Crippen molar-refractivity contribution in [3.63, 3.8) is 0 Å². The number of phenolic OH excluding ortho intramolecular Hbond substituents is 1. The quantitative estimate of drug-likeness (QED) is 0.543. The van der Waals surface area contributed by atoms with Crippen LogP contribution in [0, 0.1) is 11.8 Å². The van der Waals surface area contributed by atoms with Gasteiger partial charge in [0.05, 0.1) is 12.7 Å². The first-order valence-electron chi connectivity index (χ1n) is 13.0. The average Bonchev–Trinajstić information content (AvgIpc) is 2.90. The van der Waals surface area contributed by atoms with E-state index in [2.05, 4.69) is 35.2 Å². The van der Waals surface area contributed by atoms with Crippen LogP contribution >= 0.6 is 0 Å². The van der Waals surface area contributed by atoms with Crippen molar-refractivity contribution in [1.29, 1.82) is 0 Å². The molecule has 2 atom stereocenters. The molecule has 1 aliphatic carbocycles. The second-order valence-corrected chi connectivity index (χ2v) is 10.3. The molecule has 0 unspecified atom stereocenters. The molecule has 0 aromatic heterocycles. The molecule has 2 aromatic rings. The van der Waals surface area contributed by atoms with Crippen LogP contribution in [0.2, 0.25) is 0 Å². The first kappa shape index (κ1) is 23.7. The van der Waals surface area contributed by atoms with Crippen LogP contribution in [-0.2, 0) is 20.8 Å². The lowest BCUT2D eigenvalue weighted by atomic mass is 9.73. The van der Waals surface area contributed by atoms with Crippen LogP contribution in [0.3, 0.4) is 0 Å². The summed E-state index contributed by atoms with van der Waals surface area (Å²) in [6.45, 7) is 2.64. The Labute approximate surface area is 204 Å². The highest BCUT2D eigenvalue weighted by molar-refractivity contribution is 5.51. The Hall–Kier alpha value is -2.08. The third-order valence-corrected chi connectivity index (χ3v) is 8.34. The van der Waals surface area contributed by atoms with E-state index in [1.54, 1.807) is 14.2 Å². The molecule has 5 heteroatoms. The molecular weight excluding hydrogens is 426 g/mol. The minimum atomic E-state index is -0.105. The number of methoxy groups -OCH3 is 2. The number of phenols is 1. The molecule has 0 radical (unpaired) electrons. The fourth-order valence-electron chi connectivity index (χ4n) is 6.52. The number of fused-ring (bicyclic) bond motifs is 1. The lowest BCUT2D eigenvalue weighted by Gasteiger charge is -2.40. The number of nitrogens with zero attached hydrogens (tertiary/aromatic N) is 1. The summed E-state index contributed by atoms with van der Waals surface area (Å²) < 4.78 is 17.5. The van der Waals surface area contributed by atoms with Gasteiger partial charge >= 0.3 is 0 Å². The maximum Gasteiger partial charge on any atom is 0.159 e. The van der Waals surface area contributed by atoms with Gasteiger partial charge in [0.25, 0.3) is 0 Å². The molecular formula is C29H39NO4. The van der Waals surface area contributed by atoms with E-state index in [0.29, 0.717) is 24.2 Å². The van der Waals surface area contributed by atoms with Gasteiger partial charge in [-0.2, -0.15) is 0 Å². The van der Waals surface area contributed by atoms with Crippen molar-refractivity contribution in [2.45, 2.75) is 69.9 Å². The summed E-state index contributed by atoms with van der Waals surface area (Å²) in [4.78, 5) is 2.48. The van der Waals surface area contributed by atoms with Gasteiger partial charge in [0, 0.05) is 44.8 Å². The lowest BCUT2D eigenvalue weighted by molar-refractivity contribution is -0.141. The van der Waals surface area contributed by atoms with Gasteiger partial charge in [-0.1, -0.05) is 37.5 Å². The van der Waals surface area contributed by atoms with Crippen molar-refractivity contribution in [2.75, 3.05) is 32.2 Å². The smallest absolute Gasteiger partial charge is 0.159 e. The Kier molecular flexibility index (Phi) is 7.43. The number of benzene rings is 2. The fourth-order valence-corrected chi connectivity index (χ4v) is 6.52. The molecule has 2 aliphatic heterocycles. The maximum atomic E-state index is 10.0. The summed E-state index contributed by atoms with van der Waals surface area (Å²) in [7, 11) is 3.46. The van der Waals surface area contributed by atoms with Gasteiger partial charge in [0.1, 0.15) is 5.75 Å². The molecule has 2 fully saturated rings. The van der Waals surface area contributed by atoms with Crippen LogP contribution in [0.15, 0.2) is 42.5 Å². The summed E-state index contributed by atoms with van der Waals surface area (Å²) in [6.07, 6.45) is 8.72. The van der Waals surface area contributed by atoms with Crippen molar-refractivity contribution in [2.24, 2.45) is 11.8 Å². The Bertz CT molecular complexity index is 928. The zero-order valence-electron chi connectivity index (χ0n) is 20.6. The minimum Gasteiger partial charge on any atom is -0.508 e. The first-order valence-corrected chi connectivity index (χ1v) is 13.0. The number of hydrogen-bond acceptors (Lipinski definition) is 5. The molecule has 2 aromatic carbocycles. The summed E-state index contributed by atoms with van der Waals surface area (Å²) in [5.41, 5.74) is 5.04. The summed E-state index contributed by atoms with van der Waals surface area (Å²) in [5.74, 6) is 1.60. The van der Waals surface area contributed by atoms with E-state index in [1.807, 2.05) is 12.1 Å². The van der Waals surface area contributed by atoms with Crippen molar-refractivity contribution in [3.05, 3.63) is 59.2 Å². The van der Waals surface area contributed by atoms with E-state index < -0.39 is 0 Å². The summed E-state index contributed by atoms with van der Waals surface area (Å²) in [5, 5.41) is 10.0. The van der Waals surface area contributed by atoms with Crippen molar-refractivity contribution >= 4 is 5.69 Å². The average molecular weight is 466 g/mol. The van der Waals surface area contributed by atoms with Crippen molar-refractivity contribution in [3.8, 4) is 5.75 Å². The highest BCUT2D eigenvalue weighted by Crippen LogP contribution is 2.44. The number of rotatable bonds is 6. The normalized spacial score (nSPS) is 24.4. The third-order valence-electron chi connectivity index (χ3n) is 8.34. The van der Waals surface area contributed by atoms with Gasteiger partial charge in [0.2, 0.25) is 0 Å².